The molecule has 7 heteroatoms. The number of rotatable bonds is 9. The molecular formula is C24H35IN4O2. The van der Waals surface area contributed by atoms with Crippen LogP contribution in [0.2, 0.25) is 0 Å². The maximum atomic E-state index is 5.70. The highest BCUT2D eigenvalue weighted by Gasteiger charge is 2.29. The highest BCUT2D eigenvalue weighted by molar-refractivity contribution is 14.0. The number of aliphatic imine (C=N–C) groups is 1. The van der Waals surface area contributed by atoms with Crippen molar-refractivity contribution in [3.63, 3.8) is 0 Å². The molecule has 0 spiro atoms. The van der Waals surface area contributed by atoms with Crippen LogP contribution < -0.4 is 15.4 Å². The first-order valence-corrected chi connectivity index (χ1v) is 10.6. The molecule has 1 aliphatic heterocycles. The molecule has 2 aromatic carbocycles. The summed E-state index contributed by atoms with van der Waals surface area (Å²) in [6, 6.07) is 19.7. The van der Waals surface area contributed by atoms with Gasteiger partial charge in [-0.25, -0.2) is 0 Å². The van der Waals surface area contributed by atoms with Gasteiger partial charge in [-0.1, -0.05) is 42.5 Å². The summed E-state index contributed by atoms with van der Waals surface area (Å²) in [4.78, 5) is 6.94. The van der Waals surface area contributed by atoms with Gasteiger partial charge in [-0.05, 0) is 36.6 Å². The number of nitrogens with zero attached hydrogens (tertiary/aromatic N) is 2. The average Bonchev–Trinajstić information content (AvgIpc) is 3.11. The first kappa shape index (κ1) is 25.4. The van der Waals surface area contributed by atoms with Crippen molar-refractivity contribution >= 4 is 29.9 Å². The Hall–Kier alpha value is -1.84. The second-order valence-electron chi connectivity index (χ2n) is 7.76. The predicted octanol–water partition coefficient (Wildman–Crippen LogP) is 3.66. The van der Waals surface area contributed by atoms with Gasteiger partial charge in [-0.2, -0.15) is 0 Å². The van der Waals surface area contributed by atoms with Gasteiger partial charge >= 0.3 is 0 Å². The third-order valence-electron chi connectivity index (χ3n) is 5.41. The zero-order valence-electron chi connectivity index (χ0n) is 18.7. The monoisotopic (exact) mass is 538 g/mol. The van der Waals surface area contributed by atoms with Crippen LogP contribution in [-0.2, 0) is 17.8 Å². The first-order chi connectivity index (χ1) is 14.7. The van der Waals surface area contributed by atoms with E-state index < -0.39 is 0 Å². The third-order valence-corrected chi connectivity index (χ3v) is 5.41. The van der Waals surface area contributed by atoms with E-state index >= 15 is 0 Å². The van der Waals surface area contributed by atoms with Gasteiger partial charge < -0.3 is 20.1 Å². The van der Waals surface area contributed by atoms with Crippen LogP contribution in [0.3, 0.4) is 0 Å². The van der Waals surface area contributed by atoms with Crippen molar-refractivity contribution in [3.8, 4) is 5.75 Å². The van der Waals surface area contributed by atoms with E-state index in [1.807, 2.05) is 19.2 Å². The highest BCUT2D eigenvalue weighted by Crippen LogP contribution is 2.20. The van der Waals surface area contributed by atoms with E-state index in [9.17, 15) is 0 Å². The van der Waals surface area contributed by atoms with E-state index in [4.69, 9.17) is 9.47 Å². The van der Waals surface area contributed by atoms with E-state index in [0.29, 0.717) is 31.8 Å². The summed E-state index contributed by atoms with van der Waals surface area (Å²) in [5, 5.41) is 7.01. The number of hydrogen-bond acceptors (Lipinski definition) is 4. The Balaban J connectivity index is 0.00000341. The van der Waals surface area contributed by atoms with Crippen molar-refractivity contribution in [2.24, 2.45) is 4.99 Å². The smallest absolute Gasteiger partial charge is 0.191 e. The maximum absolute atomic E-state index is 5.70. The number of likely N-dealkylation sites (tertiary alicyclic amines) is 1. The Morgan fingerprint density at radius 1 is 1.10 bits per heavy atom. The summed E-state index contributed by atoms with van der Waals surface area (Å²) in [7, 11) is 3.49. The minimum atomic E-state index is 0. The molecule has 1 fully saturated rings. The molecule has 1 saturated heterocycles. The summed E-state index contributed by atoms with van der Waals surface area (Å²) in [6.45, 7) is 6.13. The topological polar surface area (TPSA) is 58.1 Å². The largest absolute Gasteiger partial charge is 0.491 e. The van der Waals surface area contributed by atoms with E-state index in [0.717, 1.165) is 36.8 Å². The fourth-order valence-electron chi connectivity index (χ4n) is 3.80. The lowest BCUT2D eigenvalue weighted by molar-refractivity contribution is 0.146. The molecule has 31 heavy (non-hydrogen) atoms. The molecule has 1 aliphatic rings. The SMILES string of the molecule is CN=C(NCc1cccc(OCCOC)c1)NC1CC(C)N(Cc2ccccc2)C1.I. The quantitative estimate of drug-likeness (QED) is 0.221. The van der Waals surface area contributed by atoms with Crippen LogP contribution in [0.15, 0.2) is 59.6 Å². The minimum Gasteiger partial charge on any atom is -0.491 e. The Kier molecular flexibility index (Phi) is 11.1. The molecular weight excluding hydrogens is 503 g/mol. The van der Waals surface area contributed by atoms with Crippen LogP contribution in [0, 0.1) is 0 Å². The molecule has 2 N–H and O–H groups in total. The standard InChI is InChI=1S/C24H34N4O2.HI/c1-19-14-22(18-28(19)17-20-8-5-4-6-9-20)27-24(25-2)26-16-21-10-7-11-23(15-21)30-13-12-29-3;/h4-11,15,19,22H,12-14,16-18H2,1-3H3,(H2,25,26,27);1H. The molecule has 1 heterocycles. The molecule has 2 aromatic rings. The Morgan fingerprint density at radius 3 is 2.61 bits per heavy atom. The van der Waals surface area contributed by atoms with Crippen molar-refractivity contribution in [1.29, 1.82) is 0 Å². The van der Waals surface area contributed by atoms with Crippen LogP contribution in [0.4, 0.5) is 0 Å². The van der Waals surface area contributed by atoms with Crippen LogP contribution in [0.25, 0.3) is 0 Å². The van der Waals surface area contributed by atoms with E-state index in [-0.39, 0.29) is 24.0 Å². The summed E-state index contributed by atoms with van der Waals surface area (Å²) in [5.41, 5.74) is 2.51. The highest BCUT2D eigenvalue weighted by atomic mass is 127. The van der Waals surface area contributed by atoms with Crippen molar-refractivity contribution in [2.45, 2.75) is 38.5 Å². The van der Waals surface area contributed by atoms with Gasteiger partial charge in [0.05, 0.1) is 6.61 Å². The van der Waals surface area contributed by atoms with E-state index in [2.05, 4.69) is 69.9 Å². The van der Waals surface area contributed by atoms with Gasteiger partial charge in [0.1, 0.15) is 12.4 Å². The second kappa shape index (κ2) is 13.5. The number of benzene rings is 2. The van der Waals surface area contributed by atoms with Gasteiger partial charge in [0.15, 0.2) is 5.96 Å². The fourth-order valence-corrected chi connectivity index (χ4v) is 3.80. The number of ether oxygens (including phenoxy) is 2. The Labute approximate surface area is 203 Å². The molecule has 6 nitrogen and oxygen atoms in total. The molecule has 3 rings (SSSR count). The molecule has 170 valence electrons. The predicted molar refractivity (Wildman–Crippen MR) is 137 cm³/mol. The van der Waals surface area contributed by atoms with Crippen molar-refractivity contribution in [3.05, 3.63) is 65.7 Å². The summed E-state index contributed by atoms with van der Waals surface area (Å²) in [5.74, 6) is 1.69. The molecule has 2 unspecified atom stereocenters. The molecule has 0 radical (unpaired) electrons. The lowest BCUT2D eigenvalue weighted by Crippen LogP contribution is -2.44. The van der Waals surface area contributed by atoms with Gasteiger partial charge in [0.2, 0.25) is 0 Å². The number of methoxy groups -OCH3 is 1. The number of guanidine groups is 1. The summed E-state index contributed by atoms with van der Waals surface area (Å²) in [6.07, 6.45) is 1.11. The van der Waals surface area contributed by atoms with Crippen molar-refractivity contribution in [2.75, 3.05) is 33.9 Å². The fraction of sp³-hybridized carbons (Fsp3) is 0.458. The first-order valence-electron chi connectivity index (χ1n) is 10.6. The number of halogens is 1. The normalized spacial score (nSPS) is 19.0. The van der Waals surface area contributed by atoms with Crippen LogP contribution in [0.5, 0.6) is 5.75 Å². The number of hydrogen-bond donors (Lipinski definition) is 2. The van der Waals surface area contributed by atoms with Gasteiger partial charge in [0, 0.05) is 45.9 Å². The van der Waals surface area contributed by atoms with Gasteiger partial charge in [0.25, 0.3) is 0 Å². The number of nitrogens with one attached hydrogen (secondary N) is 2. The third kappa shape index (κ3) is 8.31. The minimum absolute atomic E-state index is 0. The van der Waals surface area contributed by atoms with Gasteiger partial charge in [-0.3, -0.25) is 9.89 Å². The Bertz CT molecular complexity index is 803. The average molecular weight is 538 g/mol. The summed E-state index contributed by atoms with van der Waals surface area (Å²) >= 11 is 0. The van der Waals surface area contributed by atoms with Crippen LogP contribution in [0.1, 0.15) is 24.5 Å². The molecule has 0 saturated carbocycles. The molecule has 0 aliphatic carbocycles. The molecule has 0 amide bonds. The molecule has 2 atom stereocenters. The van der Waals surface area contributed by atoms with Crippen LogP contribution in [-0.4, -0.2) is 56.9 Å². The van der Waals surface area contributed by atoms with Crippen LogP contribution >= 0.6 is 24.0 Å². The van der Waals surface area contributed by atoms with Gasteiger partial charge in [-0.15, -0.1) is 24.0 Å². The maximum Gasteiger partial charge on any atom is 0.191 e. The van der Waals surface area contributed by atoms with E-state index in [1.165, 1.54) is 5.56 Å². The molecule has 0 aromatic heterocycles. The summed E-state index contributed by atoms with van der Waals surface area (Å²) < 4.78 is 10.7. The lowest BCUT2D eigenvalue weighted by atomic mass is 10.2. The second-order valence-corrected chi connectivity index (χ2v) is 7.76. The zero-order chi connectivity index (χ0) is 21.2. The van der Waals surface area contributed by atoms with E-state index in [1.54, 1.807) is 7.11 Å². The van der Waals surface area contributed by atoms with Crippen molar-refractivity contribution in [1.82, 2.24) is 15.5 Å². The molecule has 0 bridgehead atoms. The lowest BCUT2D eigenvalue weighted by Gasteiger charge is -2.21. The van der Waals surface area contributed by atoms with Crippen molar-refractivity contribution < 1.29 is 9.47 Å². The zero-order valence-corrected chi connectivity index (χ0v) is 21.0. The Morgan fingerprint density at radius 2 is 1.87 bits per heavy atom.